The van der Waals surface area contributed by atoms with Crippen molar-refractivity contribution in [2.45, 2.75) is 19.8 Å². The number of hydrogen-bond donors (Lipinski definition) is 0. The molecule has 0 aliphatic heterocycles. The Bertz CT molecular complexity index is 280. The Labute approximate surface area is 80.6 Å². The van der Waals surface area contributed by atoms with Gasteiger partial charge >= 0.3 is 0 Å². The Morgan fingerprint density at radius 1 is 1.31 bits per heavy atom. The normalized spacial score (nSPS) is 10.5. The van der Waals surface area contributed by atoms with Crippen molar-refractivity contribution in [1.29, 1.82) is 0 Å². The molecule has 0 saturated heterocycles. The lowest BCUT2D eigenvalue weighted by Crippen LogP contribution is -1.85. The Balaban J connectivity index is 2.40. The first-order chi connectivity index (χ1) is 6.33. The third-order valence-corrected chi connectivity index (χ3v) is 1.98. The fraction of sp³-hybridized carbons (Fsp3) is 0.231. The van der Waals surface area contributed by atoms with Gasteiger partial charge in [0.1, 0.15) is 0 Å². The average Bonchev–Trinajstić information content (AvgIpc) is 2.17. The third-order valence-electron chi connectivity index (χ3n) is 1.98. The summed E-state index contributed by atoms with van der Waals surface area (Å²) in [5.74, 6) is 0. The van der Waals surface area contributed by atoms with E-state index in [1.54, 1.807) is 0 Å². The zero-order valence-electron chi connectivity index (χ0n) is 8.16. The van der Waals surface area contributed by atoms with Crippen LogP contribution in [-0.4, -0.2) is 0 Å². The quantitative estimate of drug-likeness (QED) is 0.607. The van der Waals surface area contributed by atoms with Crippen molar-refractivity contribution in [3.63, 3.8) is 0 Å². The van der Waals surface area contributed by atoms with E-state index in [9.17, 15) is 0 Å². The van der Waals surface area contributed by atoms with Gasteiger partial charge < -0.3 is 0 Å². The van der Waals surface area contributed by atoms with E-state index >= 15 is 0 Å². The molecule has 0 N–H and O–H groups in total. The van der Waals surface area contributed by atoms with E-state index in [1.165, 1.54) is 11.1 Å². The van der Waals surface area contributed by atoms with E-state index in [0.717, 1.165) is 12.8 Å². The van der Waals surface area contributed by atoms with E-state index in [1.807, 2.05) is 19.1 Å². The number of aryl methyl sites for hydroxylation is 1. The molecule has 0 aliphatic rings. The number of benzene rings is 1. The molecule has 13 heavy (non-hydrogen) atoms. The summed E-state index contributed by atoms with van der Waals surface area (Å²) in [7, 11) is 0. The Kier molecular flexibility index (Phi) is 4.04. The first-order valence-corrected chi connectivity index (χ1v) is 4.67. The van der Waals surface area contributed by atoms with Crippen molar-refractivity contribution in [2.75, 3.05) is 0 Å². The standard InChI is InChI=1S/C13H16/c1-3-7-12(2)10-11-13-8-5-4-6-9-13/h3-9H,2,10-11H2,1H3/b7-3+. The second-order valence-electron chi connectivity index (χ2n) is 3.14. The van der Waals surface area contributed by atoms with Crippen LogP contribution in [0.5, 0.6) is 0 Å². The molecule has 0 aliphatic carbocycles. The van der Waals surface area contributed by atoms with Crippen LogP contribution in [0, 0.1) is 0 Å². The summed E-state index contributed by atoms with van der Waals surface area (Å²) >= 11 is 0. The highest BCUT2D eigenvalue weighted by Gasteiger charge is 1.92. The number of allylic oxidation sites excluding steroid dienone is 3. The molecule has 0 spiro atoms. The van der Waals surface area contributed by atoms with Crippen molar-refractivity contribution in [3.8, 4) is 0 Å². The van der Waals surface area contributed by atoms with Gasteiger partial charge in [-0.25, -0.2) is 0 Å². The van der Waals surface area contributed by atoms with Crippen LogP contribution in [0.15, 0.2) is 54.6 Å². The maximum atomic E-state index is 3.97. The SMILES string of the molecule is C=C(/C=C/C)CCc1ccccc1. The summed E-state index contributed by atoms with van der Waals surface area (Å²) in [6.07, 6.45) is 6.24. The van der Waals surface area contributed by atoms with Gasteiger partial charge in [-0.1, -0.05) is 54.6 Å². The van der Waals surface area contributed by atoms with Gasteiger partial charge in [-0.05, 0) is 25.3 Å². The molecule has 0 amide bonds. The van der Waals surface area contributed by atoms with Gasteiger partial charge in [0.2, 0.25) is 0 Å². The van der Waals surface area contributed by atoms with Crippen LogP contribution in [0.4, 0.5) is 0 Å². The van der Waals surface area contributed by atoms with Gasteiger partial charge in [-0.15, -0.1) is 0 Å². The fourth-order valence-electron chi connectivity index (χ4n) is 1.27. The van der Waals surface area contributed by atoms with Crippen molar-refractivity contribution < 1.29 is 0 Å². The van der Waals surface area contributed by atoms with Crippen molar-refractivity contribution >= 4 is 0 Å². The lowest BCUT2D eigenvalue weighted by atomic mass is 10.1. The van der Waals surface area contributed by atoms with Crippen LogP contribution < -0.4 is 0 Å². The molecule has 0 heteroatoms. The molecular formula is C13H16. The number of rotatable bonds is 4. The Morgan fingerprint density at radius 3 is 2.62 bits per heavy atom. The predicted molar refractivity (Wildman–Crippen MR) is 58.7 cm³/mol. The minimum Gasteiger partial charge on any atom is -0.0958 e. The van der Waals surface area contributed by atoms with Gasteiger partial charge in [0.25, 0.3) is 0 Å². The monoisotopic (exact) mass is 172 g/mol. The second kappa shape index (κ2) is 5.36. The minimum absolute atomic E-state index is 1.05. The van der Waals surface area contributed by atoms with Crippen molar-refractivity contribution in [1.82, 2.24) is 0 Å². The average molecular weight is 172 g/mol. The molecule has 0 radical (unpaired) electrons. The highest BCUT2D eigenvalue weighted by Crippen LogP contribution is 2.08. The highest BCUT2D eigenvalue weighted by atomic mass is 14.0. The van der Waals surface area contributed by atoms with E-state index < -0.39 is 0 Å². The lowest BCUT2D eigenvalue weighted by molar-refractivity contribution is 0.969. The molecule has 68 valence electrons. The van der Waals surface area contributed by atoms with Gasteiger partial charge in [-0.3, -0.25) is 0 Å². The van der Waals surface area contributed by atoms with Crippen LogP contribution in [0.2, 0.25) is 0 Å². The van der Waals surface area contributed by atoms with Crippen molar-refractivity contribution in [2.24, 2.45) is 0 Å². The van der Waals surface area contributed by atoms with E-state index in [4.69, 9.17) is 0 Å². The Morgan fingerprint density at radius 2 is 2.00 bits per heavy atom. The van der Waals surface area contributed by atoms with Crippen LogP contribution in [0.1, 0.15) is 18.9 Å². The minimum atomic E-state index is 1.05. The predicted octanol–water partition coefficient (Wildman–Crippen LogP) is 3.75. The van der Waals surface area contributed by atoms with Crippen LogP contribution in [-0.2, 0) is 6.42 Å². The lowest BCUT2D eigenvalue weighted by Gasteiger charge is -2.00. The first kappa shape index (κ1) is 9.79. The van der Waals surface area contributed by atoms with Crippen LogP contribution >= 0.6 is 0 Å². The molecule has 0 atom stereocenters. The zero-order chi connectivity index (χ0) is 9.52. The summed E-state index contributed by atoms with van der Waals surface area (Å²) < 4.78 is 0. The van der Waals surface area contributed by atoms with Gasteiger partial charge in [0.15, 0.2) is 0 Å². The maximum Gasteiger partial charge on any atom is -0.0238 e. The topological polar surface area (TPSA) is 0 Å². The zero-order valence-corrected chi connectivity index (χ0v) is 8.16. The van der Waals surface area contributed by atoms with Crippen LogP contribution in [0.3, 0.4) is 0 Å². The highest BCUT2D eigenvalue weighted by molar-refractivity contribution is 5.19. The molecule has 0 bridgehead atoms. The molecule has 0 aromatic heterocycles. The largest absolute Gasteiger partial charge is 0.0958 e. The molecule has 0 fully saturated rings. The summed E-state index contributed by atoms with van der Waals surface area (Å²) in [5.41, 5.74) is 2.58. The van der Waals surface area contributed by atoms with Gasteiger partial charge in [0, 0.05) is 0 Å². The molecule has 0 nitrogen and oxygen atoms in total. The Hall–Kier alpha value is -1.30. The fourth-order valence-corrected chi connectivity index (χ4v) is 1.27. The molecule has 1 rings (SSSR count). The molecule has 0 saturated carbocycles. The molecule has 0 heterocycles. The number of hydrogen-bond acceptors (Lipinski definition) is 0. The van der Waals surface area contributed by atoms with E-state index in [-0.39, 0.29) is 0 Å². The summed E-state index contributed by atoms with van der Waals surface area (Å²) in [6, 6.07) is 10.5. The summed E-state index contributed by atoms with van der Waals surface area (Å²) in [6.45, 7) is 5.99. The smallest absolute Gasteiger partial charge is 0.0238 e. The van der Waals surface area contributed by atoms with Crippen molar-refractivity contribution in [3.05, 3.63) is 60.2 Å². The molecule has 0 unspecified atom stereocenters. The molecular weight excluding hydrogens is 156 g/mol. The second-order valence-corrected chi connectivity index (χ2v) is 3.14. The first-order valence-electron chi connectivity index (χ1n) is 4.67. The molecule has 1 aromatic rings. The summed E-state index contributed by atoms with van der Waals surface area (Å²) in [4.78, 5) is 0. The van der Waals surface area contributed by atoms with Gasteiger partial charge in [-0.2, -0.15) is 0 Å². The van der Waals surface area contributed by atoms with E-state index in [0.29, 0.717) is 0 Å². The maximum absolute atomic E-state index is 3.97. The summed E-state index contributed by atoms with van der Waals surface area (Å²) in [5, 5.41) is 0. The van der Waals surface area contributed by atoms with E-state index in [2.05, 4.69) is 36.9 Å². The molecule has 1 aromatic carbocycles. The van der Waals surface area contributed by atoms with Gasteiger partial charge in [0.05, 0.1) is 0 Å². The third kappa shape index (κ3) is 3.75. The van der Waals surface area contributed by atoms with Crippen LogP contribution in [0.25, 0.3) is 0 Å².